The smallest absolute Gasteiger partial charge is 0.166 e. The number of rotatable bonds is 0. The van der Waals surface area contributed by atoms with Gasteiger partial charge >= 0.3 is 6.18 Å². The van der Waals surface area contributed by atoms with Gasteiger partial charge in [0, 0.05) is 0 Å². The number of allylic oxidation sites excluding steroid dienone is 4. The minimum Gasteiger partial charge on any atom is -0.166 e. The van der Waals surface area contributed by atoms with Gasteiger partial charge in [-0.05, 0) is 45.5 Å². The zero-order valence-electron chi connectivity index (χ0n) is 11.5. The van der Waals surface area contributed by atoms with Crippen LogP contribution in [0.15, 0.2) is 54.6 Å². The highest BCUT2D eigenvalue weighted by molar-refractivity contribution is 6.10. The number of fused-ring (bicyclic) bond motifs is 2. The van der Waals surface area contributed by atoms with Crippen molar-refractivity contribution >= 4 is 23.3 Å². The van der Waals surface area contributed by atoms with E-state index in [1.807, 2.05) is 48.6 Å². The third-order valence-corrected chi connectivity index (χ3v) is 4.07. The van der Waals surface area contributed by atoms with Gasteiger partial charge in [0.05, 0.1) is 5.56 Å². The topological polar surface area (TPSA) is 0 Å². The monoisotopic (exact) mass is 296 g/mol. The molecule has 0 spiro atoms. The van der Waals surface area contributed by atoms with Crippen molar-refractivity contribution in [2.45, 2.75) is 6.18 Å². The molecule has 0 saturated carbocycles. The highest BCUT2D eigenvalue weighted by Crippen LogP contribution is 2.42. The molecule has 2 aromatic rings. The van der Waals surface area contributed by atoms with Crippen molar-refractivity contribution in [3.05, 3.63) is 82.4 Å². The van der Waals surface area contributed by atoms with Gasteiger partial charge in [0.2, 0.25) is 0 Å². The lowest BCUT2D eigenvalue weighted by Crippen LogP contribution is -2.05. The van der Waals surface area contributed by atoms with E-state index in [0.29, 0.717) is 5.56 Å². The van der Waals surface area contributed by atoms with E-state index in [1.54, 1.807) is 0 Å². The Morgan fingerprint density at radius 1 is 0.636 bits per heavy atom. The molecule has 2 aliphatic carbocycles. The lowest BCUT2D eigenvalue weighted by Gasteiger charge is -2.11. The maximum Gasteiger partial charge on any atom is 0.416 e. The Morgan fingerprint density at radius 3 is 2.00 bits per heavy atom. The fraction of sp³-hybridized carbons (Fsp3) is 0.0526. The second kappa shape index (κ2) is 4.47. The van der Waals surface area contributed by atoms with Crippen molar-refractivity contribution in [2.24, 2.45) is 0 Å². The van der Waals surface area contributed by atoms with E-state index in [-0.39, 0.29) is 0 Å². The van der Waals surface area contributed by atoms with E-state index in [2.05, 4.69) is 0 Å². The molecule has 0 nitrogen and oxygen atoms in total. The summed E-state index contributed by atoms with van der Waals surface area (Å²) in [5, 5.41) is 0. The molecule has 0 heterocycles. The summed E-state index contributed by atoms with van der Waals surface area (Å²) in [6.07, 6.45) is 3.41. The molecule has 0 saturated heterocycles. The van der Waals surface area contributed by atoms with Crippen LogP contribution in [0, 0.1) is 0 Å². The number of benzene rings is 2. The number of alkyl halides is 3. The van der Waals surface area contributed by atoms with Crippen molar-refractivity contribution in [3.63, 3.8) is 0 Å². The standard InChI is InChI=1S/C19H11F3/c20-19(21,22)14-8-5-13-7-10-17(18(13)11-14)16-9-6-12-3-1-2-4-15(12)16/h1-11H/b17-16+. The molecule has 0 bridgehead atoms. The third kappa shape index (κ3) is 1.93. The van der Waals surface area contributed by atoms with E-state index in [1.165, 1.54) is 12.1 Å². The summed E-state index contributed by atoms with van der Waals surface area (Å²) in [6.45, 7) is 0. The fourth-order valence-electron chi connectivity index (χ4n) is 2.99. The average molecular weight is 296 g/mol. The predicted molar refractivity (Wildman–Crippen MR) is 82.8 cm³/mol. The molecule has 0 radical (unpaired) electrons. The SMILES string of the molecule is FC(F)(F)c1ccc2c(c1)/C(=C1\C=Cc3ccccc31)C=C2. The summed E-state index contributed by atoms with van der Waals surface area (Å²) < 4.78 is 38.8. The molecule has 2 aliphatic rings. The molecule has 108 valence electrons. The molecule has 0 aromatic heterocycles. The van der Waals surface area contributed by atoms with Gasteiger partial charge in [0.25, 0.3) is 0 Å². The highest BCUT2D eigenvalue weighted by Gasteiger charge is 2.32. The third-order valence-electron chi connectivity index (χ3n) is 4.07. The Kier molecular flexibility index (Phi) is 2.67. The molecule has 3 heteroatoms. The van der Waals surface area contributed by atoms with Crippen LogP contribution in [-0.4, -0.2) is 0 Å². The average Bonchev–Trinajstić information content (AvgIpc) is 3.08. The molecule has 0 fully saturated rings. The van der Waals surface area contributed by atoms with E-state index in [4.69, 9.17) is 0 Å². The zero-order valence-corrected chi connectivity index (χ0v) is 11.5. The van der Waals surface area contributed by atoms with Crippen LogP contribution in [0.4, 0.5) is 13.2 Å². The van der Waals surface area contributed by atoms with Crippen molar-refractivity contribution in [1.29, 1.82) is 0 Å². The summed E-state index contributed by atoms with van der Waals surface area (Å²) in [7, 11) is 0. The summed E-state index contributed by atoms with van der Waals surface area (Å²) in [5.41, 5.74) is 4.85. The first-order chi connectivity index (χ1) is 10.5. The summed E-state index contributed by atoms with van der Waals surface area (Å²) in [4.78, 5) is 0. The summed E-state index contributed by atoms with van der Waals surface area (Å²) >= 11 is 0. The lowest BCUT2D eigenvalue weighted by atomic mass is 9.95. The maximum atomic E-state index is 12.9. The molecule has 0 aliphatic heterocycles. The largest absolute Gasteiger partial charge is 0.416 e. The minimum absolute atomic E-state index is 0.608. The van der Waals surface area contributed by atoms with E-state index in [9.17, 15) is 13.2 Å². The summed E-state index contributed by atoms with van der Waals surface area (Å²) in [6, 6.07) is 11.8. The van der Waals surface area contributed by atoms with Gasteiger partial charge in [-0.25, -0.2) is 0 Å². The molecule has 0 atom stereocenters. The van der Waals surface area contributed by atoms with Crippen molar-refractivity contribution < 1.29 is 13.2 Å². The van der Waals surface area contributed by atoms with E-state index < -0.39 is 11.7 Å². The minimum atomic E-state index is -4.32. The van der Waals surface area contributed by atoms with Crippen molar-refractivity contribution in [1.82, 2.24) is 0 Å². The first-order valence-corrected chi connectivity index (χ1v) is 6.95. The molecular weight excluding hydrogens is 285 g/mol. The molecule has 0 N–H and O–H groups in total. The predicted octanol–water partition coefficient (Wildman–Crippen LogP) is 5.67. The molecule has 0 unspecified atom stereocenters. The van der Waals surface area contributed by atoms with Crippen LogP contribution in [0.2, 0.25) is 0 Å². The lowest BCUT2D eigenvalue weighted by molar-refractivity contribution is -0.137. The van der Waals surface area contributed by atoms with Crippen LogP contribution in [0.5, 0.6) is 0 Å². The molecule has 0 amide bonds. The normalized spacial score (nSPS) is 18.7. The second-order valence-corrected chi connectivity index (χ2v) is 5.38. The molecule has 2 aromatic carbocycles. The van der Waals surface area contributed by atoms with Gasteiger partial charge in [0.1, 0.15) is 0 Å². The zero-order chi connectivity index (χ0) is 15.3. The maximum absolute atomic E-state index is 12.9. The second-order valence-electron chi connectivity index (χ2n) is 5.38. The first-order valence-electron chi connectivity index (χ1n) is 6.95. The Morgan fingerprint density at radius 2 is 1.27 bits per heavy atom. The van der Waals surface area contributed by atoms with Crippen LogP contribution < -0.4 is 0 Å². The fourth-order valence-corrected chi connectivity index (χ4v) is 2.99. The van der Waals surface area contributed by atoms with Crippen LogP contribution in [0.1, 0.15) is 27.8 Å². The van der Waals surface area contributed by atoms with Gasteiger partial charge in [-0.1, -0.05) is 54.6 Å². The highest BCUT2D eigenvalue weighted by atomic mass is 19.4. The van der Waals surface area contributed by atoms with E-state index >= 15 is 0 Å². The first kappa shape index (κ1) is 13.1. The molecule has 22 heavy (non-hydrogen) atoms. The Hall–Kier alpha value is -2.55. The Labute approximate surface area is 125 Å². The quantitative estimate of drug-likeness (QED) is 0.587. The van der Waals surface area contributed by atoms with Gasteiger partial charge in [-0.3, -0.25) is 0 Å². The Bertz CT molecular complexity index is 864. The van der Waals surface area contributed by atoms with Crippen molar-refractivity contribution in [3.8, 4) is 0 Å². The van der Waals surface area contributed by atoms with Gasteiger partial charge in [-0.15, -0.1) is 0 Å². The van der Waals surface area contributed by atoms with Crippen molar-refractivity contribution in [2.75, 3.05) is 0 Å². The number of halogens is 3. The summed E-state index contributed by atoms with van der Waals surface area (Å²) in [5.74, 6) is 0. The van der Waals surface area contributed by atoms with Crippen LogP contribution in [0.25, 0.3) is 23.3 Å². The van der Waals surface area contributed by atoms with E-state index in [0.717, 1.165) is 33.9 Å². The van der Waals surface area contributed by atoms with Crippen LogP contribution in [-0.2, 0) is 6.18 Å². The van der Waals surface area contributed by atoms with Gasteiger partial charge in [-0.2, -0.15) is 13.2 Å². The van der Waals surface area contributed by atoms with Crippen LogP contribution >= 0.6 is 0 Å². The Balaban J connectivity index is 1.91. The van der Waals surface area contributed by atoms with Gasteiger partial charge < -0.3 is 0 Å². The number of hydrogen-bond donors (Lipinski definition) is 0. The van der Waals surface area contributed by atoms with Gasteiger partial charge in [0.15, 0.2) is 0 Å². The molecular formula is C19H11F3. The number of hydrogen-bond acceptors (Lipinski definition) is 0. The molecule has 4 rings (SSSR count). The van der Waals surface area contributed by atoms with Crippen LogP contribution in [0.3, 0.4) is 0 Å².